The molecule has 0 aliphatic heterocycles. The van der Waals surface area contributed by atoms with E-state index < -0.39 is 5.95 Å². The summed E-state index contributed by atoms with van der Waals surface area (Å²) in [6.07, 6.45) is 3.02. The second-order valence-corrected chi connectivity index (χ2v) is 5.92. The van der Waals surface area contributed by atoms with Crippen molar-refractivity contribution in [3.05, 3.63) is 47.9 Å². The van der Waals surface area contributed by atoms with Crippen molar-refractivity contribution in [1.29, 1.82) is 0 Å². The summed E-state index contributed by atoms with van der Waals surface area (Å²) in [5.74, 6) is 0.337. The molecule has 1 N–H and O–H groups in total. The lowest BCUT2D eigenvalue weighted by Crippen LogP contribution is -2.11. The van der Waals surface area contributed by atoms with Gasteiger partial charge in [0.25, 0.3) is 0 Å². The molecule has 0 saturated heterocycles. The number of para-hydroxylation sites is 1. The normalized spacial score (nSPS) is 14.5. The molecule has 0 amide bonds. The van der Waals surface area contributed by atoms with Gasteiger partial charge in [-0.25, -0.2) is 0 Å². The van der Waals surface area contributed by atoms with E-state index in [0.717, 1.165) is 11.4 Å². The van der Waals surface area contributed by atoms with E-state index in [0.29, 0.717) is 36.1 Å². The number of hydrogen-bond donors (Lipinski definition) is 1. The van der Waals surface area contributed by atoms with Crippen LogP contribution in [-0.2, 0) is 0 Å². The summed E-state index contributed by atoms with van der Waals surface area (Å²) >= 11 is 0. The van der Waals surface area contributed by atoms with Crippen LogP contribution in [0.15, 0.2) is 41.4 Å². The second-order valence-electron chi connectivity index (χ2n) is 5.92. The first-order chi connectivity index (χ1) is 11.7. The van der Waals surface area contributed by atoms with E-state index >= 15 is 0 Å². The highest BCUT2D eigenvalue weighted by molar-refractivity contribution is 6.06. The lowest BCUT2D eigenvalue weighted by atomic mass is 10.1. The third-order valence-corrected chi connectivity index (χ3v) is 4.02. The number of nitrogens with zero attached hydrogens (tertiary/aromatic N) is 2. The molecule has 5 heteroatoms. The number of anilines is 1. The number of benzene rings is 1. The average Bonchev–Trinajstić information content (AvgIpc) is 3.42. The van der Waals surface area contributed by atoms with Crippen LogP contribution in [0.1, 0.15) is 31.7 Å². The fourth-order valence-corrected chi connectivity index (χ4v) is 2.53. The Morgan fingerprint density at radius 2 is 2.08 bits per heavy atom. The molecule has 1 fully saturated rings. The molecule has 1 aromatic carbocycles. The van der Waals surface area contributed by atoms with Crippen molar-refractivity contribution in [1.82, 2.24) is 4.98 Å². The number of rotatable bonds is 7. The van der Waals surface area contributed by atoms with Crippen molar-refractivity contribution in [2.75, 3.05) is 19.0 Å². The third-order valence-electron chi connectivity index (χ3n) is 4.02. The van der Waals surface area contributed by atoms with E-state index in [1.54, 1.807) is 7.05 Å². The van der Waals surface area contributed by atoms with Crippen molar-refractivity contribution in [3.63, 3.8) is 0 Å². The molecule has 1 saturated carbocycles. The molecule has 0 spiro atoms. The Balaban J connectivity index is 1.98. The molecule has 4 nitrogen and oxygen atoms in total. The topological polar surface area (TPSA) is 46.5 Å². The summed E-state index contributed by atoms with van der Waals surface area (Å²) < 4.78 is 19.8. The van der Waals surface area contributed by atoms with E-state index in [2.05, 4.69) is 15.3 Å². The molecule has 1 heterocycles. The van der Waals surface area contributed by atoms with Gasteiger partial charge in [0.15, 0.2) is 0 Å². The summed E-state index contributed by atoms with van der Waals surface area (Å²) in [5, 5.41) is 3.10. The average molecular weight is 327 g/mol. The SMILES string of the molecule is CCC(=Nc1ccccc1)c1cc(F)nc(OCC2CC2)c1NC. The molecule has 2 aromatic rings. The van der Waals surface area contributed by atoms with Gasteiger partial charge in [-0.2, -0.15) is 9.37 Å². The predicted molar refractivity (Wildman–Crippen MR) is 94.9 cm³/mol. The number of aromatic nitrogens is 1. The monoisotopic (exact) mass is 327 g/mol. The van der Waals surface area contributed by atoms with Gasteiger partial charge >= 0.3 is 0 Å². The number of ether oxygens (including phenoxy) is 1. The molecule has 1 aliphatic carbocycles. The smallest absolute Gasteiger partial charge is 0.240 e. The minimum absolute atomic E-state index is 0.314. The van der Waals surface area contributed by atoms with Crippen molar-refractivity contribution in [3.8, 4) is 5.88 Å². The van der Waals surface area contributed by atoms with Gasteiger partial charge in [-0.05, 0) is 37.3 Å². The van der Waals surface area contributed by atoms with Crippen LogP contribution in [0.25, 0.3) is 0 Å². The predicted octanol–water partition coefficient (Wildman–Crippen LogP) is 4.58. The van der Waals surface area contributed by atoms with Crippen LogP contribution >= 0.6 is 0 Å². The standard InChI is InChI=1S/C19H22FN3O/c1-3-16(22-14-7-5-4-6-8-14)15-11-17(20)23-19(18(15)21-2)24-12-13-9-10-13/h4-8,11,13,21H,3,9-10,12H2,1-2H3. The number of hydrogen-bond acceptors (Lipinski definition) is 4. The zero-order valence-electron chi connectivity index (χ0n) is 14.1. The second kappa shape index (κ2) is 7.43. The Labute approximate surface area is 141 Å². The highest BCUT2D eigenvalue weighted by Crippen LogP contribution is 2.33. The van der Waals surface area contributed by atoms with Crippen LogP contribution in [-0.4, -0.2) is 24.4 Å². The number of aliphatic imine (C=N–C) groups is 1. The molecule has 24 heavy (non-hydrogen) atoms. The molecule has 0 atom stereocenters. The van der Waals surface area contributed by atoms with Gasteiger partial charge < -0.3 is 10.1 Å². The Bertz CT molecular complexity index is 727. The lowest BCUT2D eigenvalue weighted by molar-refractivity contribution is 0.286. The molecule has 0 radical (unpaired) electrons. The van der Waals surface area contributed by atoms with E-state index in [-0.39, 0.29) is 0 Å². The zero-order valence-corrected chi connectivity index (χ0v) is 14.1. The maximum atomic E-state index is 14.0. The molecule has 0 bridgehead atoms. The van der Waals surface area contributed by atoms with E-state index in [4.69, 9.17) is 4.74 Å². The van der Waals surface area contributed by atoms with Crippen molar-refractivity contribution >= 4 is 17.1 Å². The van der Waals surface area contributed by atoms with Crippen molar-refractivity contribution < 1.29 is 9.13 Å². The Morgan fingerprint density at radius 1 is 1.33 bits per heavy atom. The highest BCUT2D eigenvalue weighted by Gasteiger charge is 2.24. The van der Waals surface area contributed by atoms with Gasteiger partial charge in [0, 0.05) is 18.7 Å². The maximum absolute atomic E-state index is 14.0. The molecular weight excluding hydrogens is 305 g/mol. The van der Waals surface area contributed by atoms with Crippen LogP contribution in [0, 0.1) is 11.9 Å². The molecule has 3 rings (SSSR count). The van der Waals surface area contributed by atoms with Gasteiger partial charge in [-0.1, -0.05) is 25.1 Å². The van der Waals surface area contributed by atoms with Crippen molar-refractivity contribution in [2.45, 2.75) is 26.2 Å². The van der Waals surface area contributed by atoms with Crippen LogP contribution < -0.4 is 10.1 Å². The summed E-state index contributed by atoms with van der Waals surface area (Å²) in [7, 11) is 1.79. The number of pyridine rings is 1. The van der Waals surface area contributed by atoms with Gasteiger partial charge in [-0.15, -0.1) is 0 Å². The fourth-order valence-electron chi connectivity index (χ4n) is 2.53. The van der Waals surface area contributed by atoms with Gasteiger partial charge in [0.2, 0.25) is 11.8 Å². The molecule has 126 valence electrons. The fraction of sp³-hybridized carbons (Fsp3) is 0.368. The van der Waals surface area contributed by atoms with E-state index in [1.165, 1.54) is 18.9 Å². The Hall–Kier alpha value is -2.43. The highest BCUT2D eigenvalue weighted by atomic mass is 19.1. The van der Waals surface area contributed by atoms with E-state index in [9.17, 15) is 4.39 Å². The van der Waals surface area contributed by atoms with E-state index in [1.807, 2.05) is 37.3 Å². The quantitative estimate of drug-likeness (QED) is 0.598. The summed E-state index contributed by atoms with van der Waals surface area (Å²) in [6.45, 7) is 2.59. The maximum Gasteiger partial charge on any atom is 0.240 e. The largest absolute Gasteiger partial charge is 0.476 e. The molecular formula is C19H22FN3O. The summed E-state index contributed by atoms with van der Waals surface area (Å²) in [5.41, 5.74) is 3.02. The van der Waals surface area contributed by atoms with Crippen LogP contribution in [0.3, 0.4) is 0 Å². The lowest BCUT2D eigenvalue weighted by Gasteiger charge is -2.15. The molecule has 0 unspecified atom stereocenters. The first kappa shape index (κ1) is 16.4. The zero-order chi connectivity index (χ0) is 16.9. The first-order valence-electron chi connectivity index (χ1n) is 8.35. The number of nitrogens with one attached hydrogen (secondary N) is 1. The summed E-state index contributed by atoms with van der Waals surface area (Å²) in [6, 6.07) is 11.1. The van der Waals surface area contributed by atoms with Crippen LogP contribution in [0.5, 0.6) is 5.88 Å². The third kappa shape index (κ3) is 3.91. The Kier molecular flexibility index (Phi) is 5.08. The van der Waals surface area contributed by atoms with Gasteiger partial charge in [-0.3, -0.25) is 4.99 Å². The minimum Gasteiger partial charge on any atom is -0.476 e. The molecule has 1 aromatic heterocycles. The van der Waals surface area contributed by atoms with Crippen LogP contribution in [0.2, 0.25) is 0 Å². The van der Waals surface area contributed by atoms with Gasteiger partial charge in [0.1, 0.15) is 5.69 Å². The minimum atomic E-state index is -0.552. The van der Waals surface area contributed by atoms with Crippen LogP contribution in [0.4, 0.5) is 15.8 Å². The van der Waals surface area contributed by atoms with Gasteiger partial charge in [0.05, 0.1) is 18.0 Å². The number of halogens is 1. The van der Waals surface area contributed by atoms with Crippen molar-refractivity contribution in [2.24, 2.45) is 10.9 Å². The summed E-state index contributed by atoms with van der Waals surface area (Å²) in [4.78, 5) is 8.59. The first-order valence-corrected chi connectivity index (χ1v) is 8.35. The Morgan fingerprint density at radius 3 is 2.71 bits per heavy atom. The molecule has 1 aliphatic rings.